The number of amides is 1. The summed E-state index contributed by atoms with van der Waals surface area (Å²) in [4.78, 5) is 12.2. The number of aromatic nitrogens is 2. The highest BCUT2D eigenvalue weighted by Crippen LogP contribution is 2.53. The lowest BCUT2D eigenvalue weighted by atomic mass is 9.54. The van der Waals surface area contributed by atoms with Crippen molar-refractivity contribution in [3.63, 3.8) is 0 Å². The zero-order chi connectivity index (χ0) is 13.7. The van der Waals surface area contributed by atoms with Crippen molar-refractivity contribution in [1.82, 2.24) is 15.1 Å². The zero-order valence-electron chi connectivity index (χ0n) is 12.1. The van der Waals surface area contributed by atoms with Gasteiger partial charge in [0.25, 0.3) is 0 Å². The Bertz CT molecular complexity index is 494. The van der Waals surface area contributed by atoms with Crippen LogP contribution < -0.4 is 5.32 Å². The van der Waals surface area contributed by atoms with E-state index in [1.165, 1.54) is 32.1 Å². The van der Waals surface area contributed by atoms with Gasteiger partial charge in [-0.1, -0.05) is 0 Å². The van der Waals surface area contributed by atoms with Crippen molar-refractivity contribution >= 4 is 5.91 Å². The maximum atomic E-state index is 12.2. The number of hydrogen-bond donors (Lipinski definition) is 1. The lowest BCUT2D eigenvalue weighted by Crippen LogP contribution is -2.56. The normalized spacial score (nSPS) is 38.1. The van der Waals surface area contributed by atoms with E-state index >= 15 is 0 Å². The summed E-state index contributed by atoms with van der Waals surface area (Å²) in [7, 11) is 0. The lowest BCUT2D eigenvalue weighted by molar-refractivity contribution is -0.125. The number of nitrogens with zero attached hydrogens (tertiary/aromatic N) is 2. The first-order chi connectivity index (χ1) is 9.67. The van der Waals surface area contributed by atoms with Gasteiger partial charge in [0.05, 0.1) is 5.69 Å². The van der Waals surface area contributed by atoms with Gasteiger partial charge in [0.15, 0.2) is 0 Å². The largest absolute Gasteiger partial charge is 0.351 e. The molecule has 1 heterocycles. The van der Waals surface area contributed by atoms with Crippen LogP contribution in [-0.4, -0.2) is 21.7 Å². The Morgan fingerprint density at radius 3 is 2.45 bits per heavy atom. The van der Waals surface area contributed by atoms with Crippen LogP contribution in [0.15, 0.2) is 12.3 Å². The standard InChI is InChI=1S/C16H23N3O/c1-10-2-3-19(18-10)9-15(20)17-16-13-5-11-4-12(7-13)8-14(16)6-11/h2-3,11-14,16H,4-9H2,1H3,(H,17,20). The van der Waals surface area contributed by atoms with Crippen molar-refractivity contribution in [3.05, 3.63) is 18.0 Å². The van der Waals surface area contributed by atoms with Crippen molar-refractivity contribution in [1.29, 1.82) is 0 Å². The van der Waals surface area contributed by atoms with Crippen LogP contribution in [0.4, 0.5) is 0 Å². The average molecular weight is 273 g/mol. The maximum Gasteiger partial charge on any atom is 0.241 e. The molecule has 20 heavy (non-hydrogen) atoms. The molecule has 0 atom stereocenters. The van der Waals surface area contributed by atoms with E-state index in [0.717, 1.165) is 29.4 Å². The topological polar surface area (TPSA) is 46.9 Å². The van der Waals surface area contributed by atoms with E-state index in [1.807, 2.05) is 19.2 Å². The van der Waals surface area contributed by atoms with Gasteiger partial charge in [0.2, 0.25) is 5.91 Å². The molecule has 4 saturated carbocycles. The smallest absolute Gasteiger partial charge is 0.241 e. The maximum absolute atomic E-state index is 12.2. The Hall–Kier alpha value is -1.32. The fraction of sp³-hybridized carbons (Fsp3) is 0.750. The summed E-state index contributed by atoms with van der Waals surface area (Å²) in [6.07, 6.45) is 8.72. The third-order valence-corrected chi connectivity index (χ3v) is 5.63. The number of rotatable bonds is 3. The van der Waals surface area contributed by atoms with Gasteiger partial charge in [-0.15, -0.1) is 0 Å². The Kier molecular flexibility index (Phi) is 2.86. The van der Waals surface area contributed by atoms with Gasteiger partial charge >= 0.3 is 0 Å². The summed E-state index contributed by atoms with van der Waals surface area (Å²) in [5.74, 6) is 3.54. The zero-order valence-corrected chi connectivity index (χ0v) is 12.1. The van der Waals surface area contributed by atoms with Gasteiger partial charge in [0.1, 0.15) is 6.54 Å². The van der Waals surface area contributed by atoms with Crippen LogP contribution >= 0.6 is 0 Å². The molecule has 4 nitrogen and oxygen atoms in total. The van der Waals surface area contributed by atoms with Gasteiger partial charge in [0, 0.05) is 12.2 Å². The molecule has 0 aliphatic heterocycles. The molecular weight excluding hydrogens is 250 g/mol. The van der Waals surface area contributed by atoms with E-state index in [1.54, 1.807) is 4.68 Å². The molecule has 0 radical (unpaired) electrons. The van der Waals surface area contributed by atoms with Gasteiger partial charge in [-0.2, -0.15) is 5.10 Å². The molecule has 1 aromatic rings. The Morgan fingerprint density at radius 2 is 1.90 bits per heavy atom. The van der Waals surface area contributed by atoms with Crippen LogP contribution in [0.25, 0.3) is 0 Å². The molecule has 4 aliphatic carbocycles. The van der Waals surface area contributed by atoms with Gasteiger partial charge < -0.3 is 5.32 Å². The summed E-state index contributed by atoms with van der Waals surface area (Å²) in [6.45, 7) is 2.31. The predicted molar refractivity (Wildman–Crippen MR) is 75.9 cm³/mol. The van der Waals surface area contributed by atoms with Gasteiger partial charge in [-0.25, -0.2) is 0 Å². The highest BCUT2D eigenvalue weighted by atomic mass is 16.2. The molecule has 0 unspecified atom stereocenters. The molecule has 1 aromatic heterocycles. The summed E-state index contributed by atoms with van der Waals surface area (Å²) < 4.78 is 1.74. The van der Waals surface area contributed by atoms with E-state index < -0.39 is 0 Å². The van der Waals surface area contributed by atoms with E-state index in [9.17, 15) is 4.79 Å². The first-order valence-corrected chi connectivity index (χ1v) is 7.97. The van der Waals surface area contributed by atoms with Crippen molar-refractivity contribution in [2.75, 3.05) is 0 Å². The van der Waals surface area contributed by atoms with Crippen LogP contribution in [0.1, 0.15) is 37.8 Å². The van der Waals surface area contributed by atoms with Crippen molar-refractivity contribution in [3.8, 4) is 0 Å². The lowest BCUT2D eigenvalue weighted by Gasteiger charge is -2.54. The number of nitrogens with one attached hydrogen (secondary N) is 1. The Labute approximate surface area is 119 Å². The molecule has 0 saturated heterocycles. The van der Waals surface area contributed by atoms with Crippen LogP contribution in [0.5, 0.6) is 0 Å². The highest BCUT2D eigenvalue weighted by molar-refractivity contribution is 5.76. The van der Waals surface area contributed by atoms with Crippen LogP contribution in [0, 0.1) is 30.6 Å². The summed E-state index contributed by atoms with van der Waals surface area (Å²) >= 11 is 0. The second-order valence-corrected chi connectivity index (χ2v) is 7.18. The van der Waals surface area contributed by atoms with Crippen LogP contribution in [-0.2, 0) is 11.3 Å². The number of carbonyl (C=O) groups excluding carboxylic acids is 1. The molecule has 4 aliphatic rings. The monoisotopic (exact) mass is 273 g/mol. The number of carbonyl (C=O) groups is 1. The fourth-order valence-electron chi connectivity index (χ4n) is 5.09. The molecule has 108 valence electrons. The quantitative estimate of drug-likeness (QED) is 0.917. The number of hydrogen-bond acceptors (Lipinski definition) is 2. The van der Waals surface area contributed by atoms with Gasteiger partial charge in [-0.05, 0) is 68.8 Å². The summed E-state index contributed by atoms with van der Waals surface area (Å²) in [5.41, 5.74) is 0.965. The van der Waals surface area contributed by atoms with Gasteiger partial charge in [-0.3, -0.25) is 9.48 Å². The third-order valence-electron chi connectivity index (χ3n) is 5.63. The minimum atomic E-state index is 0.130. The Morgan fingerprint density at radius 1 is 1.25 bits per heavy atom. The Balaban J connectivity index is 1.40. The molecule has 4 fully saturated rings. The van der Waals surface area contributed by atoms with Crippen molar-refractivity contribution < 1.29 is 4.79 Å². The fourth-order valence-corrected chi connectivity index (χ4v) is 5.09. The molecule has 0 aromatic carbocycles. The molecule has 1 amide bonds. The minimum Gasteiger partial charge on any atom is -0.351 e. The average Bonchev–Trinajstić information content (AvgIpc) is 2.78. The van der Waals surface area contributed by atoms with Crippen LogP contribution in [0.2, 0.25) is 0 Å². The van der Waals surface area contributed by atoms with Crippen molar-refractivity contribution in [2.24, 2.45) is 23.7 Å². The third kappa shape index (κ3) is 2.15. The molecule has 1 N–H and O–H groups in total. The first-order valence-electron chi connectivity index (χ1n) is 7.97. The highest BCUT2D eigenvalue weighted by Gasteiger charge is 2.48. The first kappa shape index (κ1) is 12.4. The van der Waals surface area contributed by atoms with E-state index in [2.05, 4.69) is 10.4 Å². The summed E-state index contributed by atoms with van der Waals surface area (Å²) in [6, 6.07) is 2.38. The van der Waals surface area contributed by atoms with E-state index in [4.69, 9.17) is 0 Å². The van der Waals surface area contributed by atoms with Crippen LogP contribution in [0.3, 0.4) is 0 Å². The minimum absolute atomic E-state index is 0.130. The number of aryl methyl sites for hydroxylation is 1. The second kappa shape index (κ2) is 4.61. The SMILES string of the molecule is Cc1ccn(CC(=O)NC2C3CC4CC(C3)CC2C4)n1. The van der Waals surface area contributed by atoms with Crippen molar-refractivity contribution in [2.45, 2.75) is 51.6 Å². The molecule has 0 spiro atoms. The molecule has 4 heteroatoms. The second-order valence-electron chi connectivity index (χ2n) is 7.18. The van der Waals surface area contributed by atoms with E-state index in [-0.39, 0.29) is 5.91 Å². The molecule has 5 rings (SSSR count). The van der Waals surface area contributed by atoms with E-state index in [0.29, 0.717) is 12.6 Å². The summed E-state index contributed by atoms with van der Waals surface area (Å²) in [5, 5.41) is 7.61. The molecule has 4 bridgehead atoms. The predicted octanol–water partition coefficient (Wildman–Crippen LogP) is 2.13. The molecular formula is C16H23N3O.